The summed E-state index contributed by atoms with van der Waals surface area (Å²) in [5.74, 6) is 1.39. The predicted molar refractivity (Wildman–Crippen MR) is 111 cm³/mol. The van der Waals surface area contributed by atoms with Crippen LogP contribution in [0.1, 0.15) is 45.1 Å². The first-order valence-corrected chi connectivity index (χ1v) is 9.94. The van der Waals surface area contributed by atoms with Crippen LogP contribution >= 0.6 is 0 Å². The zero-order valence-electron chi connectivity index (χ0n) is 16.6. The number of hydrogen-bond acceptors (Lipinski definition) is 4. The Balaban J connectivity index is 1.54. The summed E-state index contributed by atoms with van der Waals surface area (Å²) in [5.41, 5.74) is 2.50. The number of carbonyl (C=O) groups excluding carboxylic acids is 1. The third kappa shape index (κ3) is 5.81. The number of benzene rings is 1. The molecule has 1 aromatic carbocycles. The van der Waals surface area contributed by atoms with E-state index in [2.05, 4.69) is 47.6 Å². The zero-order valence-corrected chi connectivity index (χ0v) is 16.6. The summed E-state index contributed by atoms with van der Waals surface area (Å²) in [6, 6.07) is 11.6. The Bertz CT molecular complexity index is 797. The molecule has 2 aromatic rings. The normalized spacial score (nSPS) is 15.1. The molecule has 148 valence electrons. The van der Waals surface area contributed by atoms with E-state index in [1.165, 1.54) is 5.57 Å². The Morgan fingerprint density at radius 1 is 1.29 bits per heavy atom. The molecule has 1 atom stereocenters. The fraction of sp³-hybridized carbons (Fsp3) is 0.409. The van der Waals surface area contributed by atoms with Gasteiger partial charge in [0.2, 0.25) is 0 Å². The van der Waals surface area contributed by atoms with Gasteiger partial charge in [0.15, 0.2) is 5.82 Å². The van der Waals surface area contributed by atoms with Gasteiger partial charge in [-0.3, -0.25) is 5.32 Å². The average molecular weight is 380 g/mol. The van der Waals surface area contributed by atoms with E-state index < -0.39 is 0 Å². The van der Waals surface area contributed by atoms with Gasteiger partial charge in [0, 0.05) is 19.3 Å². The minimum Gasteiger partial charge on any atom is -0.491 e. The maximum Gasteiger partial charge on any atom is 0.323 e. The molecular weight excluding hydrogens is 352 g/mol. The van der Waals surface area contributed by atoms with Gasteiger partial charge in [-0.2, -0.15) is 5.10 Å². The second kappa shape index (κ2) is 9.88. The second-order valence-corrected chi connectivity index (χ2v) is 7.12. The lowest BCUT2D eigenvalue weighted by Gasteiger charge is -2.28. The second-order valence-electron chi connectivity index (χ2n) is 7.12. The average Bonchev–Trinajstić information content (AvgIpc) is 2.70. The van der Waals surface area contributed by atoms with Crippen molar-refractivity contribution in [2.45, 2.75) is 45.6 Å². The molecule has 1 fully saturated rings. The standard InChI is InChI=1S/C22H28N4O2/c1-3-6-17(2)28-20-8-4-7-19(16-20)15-18-10-13-26(14-11-18)22(27)24-21-9-5-12-23-25-21/h4-5,7-9,12,15-17H,3,6,10-11,13-14H2,1-2H3,(H,24,25,27). The predicted octanol–water partition coefficient (Wildman–Crippen LogP) is 4.76. The number of nitrogens with zero attached hydrogens (tertiary/aromatic N) is 3. The topological polar surface area (TPSA) is 67.3 Å². The first kappa shape index (κ1) is 19.9. The van der Waals surface area contributed by atoms with Crippen LogP contribution in [-0.4, -0.2) is 40.3 Å². The molecule has 0 radical (unpaired) electrons. The third-order valence-corrected chi connectivity index (χ3v) is 4.76. The highest BCUT2D eigenvalue weighted by Gasteiger charge is 2.19. The summed E-state index contributed by atoms with van der Waals surface area (Å²) in [5, 5.41) is 10.5. The van der Waals surface area contributed by atoms with Crippen molar-refractivity contribution in [3.05, 3.63) is 53.7 Å². The fourth-order valence-corrected chi connectivity index (χ4v) is 3.31. The Morgan fingerprint density at radius 3 is 2.82 bits per heavy atom. The highest BCUT2D eigenvalue weighted by Crippen LogP contribution is 2.23. The van der Waals surface area contributed by atoms with E-state index in [4.69, 9.17) is 4.74 Å². The molecular formula is C22H28N4O2. The molecule has 1 unspecified atom stereocenters. The molecule has 2 heterocycles. The molecule has 2 amide bonds. The van der Waals surface area contributed by atoms with Gasteiger partial charge in [-0.15, -0.1) is 5.10 Å². The Labute approximate surface area is 166 Å². The van der Waals surface area contributed by atoms with E-state index >= 15 is 0 Å². The van der Waals surface area contributed by atoms with Crippen molar-refractivity contribution in [2.75, 3.05) is 18.4 Å². The first-order valence-electron chi connectivity index (χ1n) is 9.94. The number of carbonyl (C=O) groups is 1. The number of rotatable bonds is 6. The van der Waals surface area contributed by atoms with Crippen molar-refractivity contribution >= 4 is 17.9 Å². The maximum atomic E-state index is 12.3. The van der Waals surface area contributed by atoms with Crippen molar-refractivity contribution < 1.29 is 9.53 Å². The number of amides is 2. The van der Waals surface area contributed by atoms with E-state index in [-0.39, 0.29) is 12.1 Å². The van der Waals surface area contributed by atoms with Crippen LogP contribution in [0, 0.1) is 0 Å². The van der Waals surface area contributed by atoms with Crippen molar-refractivity contribution in [1.29, 1.82) is 0 Å². The highest BCUT2D eigenvalue weighted by atomic mass is 16.5. The van der Waals surface area contributed by atoms with Crippen LogP contribution in [0.3, 0.4) is 0 Å². The van der Waals surface area contributed by atoms with Gasteiger partial charge in [0.1, 0.15) is 5.75 Å². The highest BCUT2D eigenvalue weighted by molar-refractivity contribution is 5.88. The molecule has 1 aliphatic heterocycles. The minimum atomic E-state index is -0.125. The molecule has 6 nitrogen and oxygen atoms in total. The molecule has 0 saturated carbocycles. The Kier molecular flexibility index (Phi) is 7.00. The smallest absolute Gasteiger partial charge is 0.323 e. The summed E-state index contributed by atoms with van der Waals surface area (Å²) in [6.07, 6.45) is 7.93. The quantitative estimate of drug-likeness (QED) is 0.785. The molecule has 1 N–H and O–H groups in total. The molecule has 3 rings (SSSR count). The molecule has 0 bridgehead atoms. The van der Waals surface area contributed by atoms with Crippen molar-refractivity contribution in [3.8, 4) is 5.75 Å². The molecule has 1 aromatic heterocycles. The summed E-state index contributed by atoms with van der Waals surface area (Å²) in [7, 11) is 0. The van der Waals surface area contributed by atoms with Crippen molar-refractivity contribution in [3.63, 3.8) is 0 Å². The van der Waals surface area contributed by atoms with E-state index in [1.807, 2.05) is 17.0 Å². The number of anilines is 1. The van der Waals surface area contributed by atoms with E-state index in [1.54, 1.807) is 18.3 Å². The number of ether oxygens (including phenoxy) is 1. The van der Waals surface area contributed by atoms with Crippen LogP contribution in [-0.2, 0) is 0 Å². The van der Waals surface area contributed by atoms with Crippen molar-refractivity contribution in [2.24, 2.45) is 0 Å². The molecule has 1 saturated heterocycles. The van der Waals surface area contributed by atoms with Gasteiger partial charge in [0.25, 0.3) is 0 Å². The SMILES string of the molecule is CCCC(C)Oc1cccc(C=C2CCN(C(=O)Nc3cccnn3)CC2)c1. The summed E-state index contributed by atoms with van der Waals surface area (Å²) >= 11 is 0. The lowest BCUT2D eigenvalue weighted by Crippen LogP contribution is -2.39. The number of urea groups is 1. The van der Waals surface area contributed by atoms with Crippen LogP contribution in [0.25, 0.3) is 6.08 Å². The fourth-order valence-electron chi connectivity index (χ4n) is 3.31. The van der Waals surface area contributed by atoms with Crippen molar-refractivity contribution in [1.82, 2.24) is 15.1 Å². The van der Waals surface area contributed by atoms with Gasteiger partial charge < -0.3 is 9.64 Å². The van der Waals surface area contributed by atoms with Gasteiger partial charge in [-0.25, -0.2) is 4.79 Å². The number of hydrogen-bond donors (Lipinski definition) is 1. The number of piperidine rings is 1. The van der Waals surface area contributed by atoms with Crippen LogP contribution < -0.4 is 10.1 Å². The van der Waals surface area contributed by atoms with E-state index in [9.17, 15) is 4.79 Å². The lowest BCUT2D eigenvalue weighted by atomic mass is 10.0. The van der Waals surface area contributed by atoms with Gasteiger partial charge in [-0.05, 0) is 56.0 Å². The monoisotopic (exact) mass is 380 g/mol. The molecule has 0 aliphatic carbocycles. The molecule has 6 heteroatoms. The van der Waals surface area contributed by atoms with Gasteiger partial charge in [-0.1, -0.05) is 37.1 Å². The minimum absolute atomic E-state index is 0.125. The third-order valence-electron chi connectivity index (χ3n) is 4.76. The zero-order chi connectivity index (χ0) is 19.8. The number of nitrogens with one attached hydrogen (secondary N) is 1. The summed E-state index contributed by atoms with van der Waals surface area (Å²) in [4.78, 5) is 14.2. The summed E-state index contributed by atoms with van der Waals surface area (Å²) < 4.78 is 5.99. The maximum absolute atomic E-state index is 12.3. The molecule has 1 aliphatic rings. The van der Waals surface area contributed by atoms with Crippen LogP contribution in [0.4, 0.5) is 10.6 Å². The van der Waals surface area contributed by atoms with Crippen LogP contribution in [0.15, 0.2) is 48.2 Å². The Morgan fingerprint density at radius 2 is 2.11 bits per heavy atom. The largest absolute Gasteiger partial charge is 0.491 e. The molecule has 28 heavy (non-hydrogen) atoms. The van der Waals surface area contributed by atoms with E-state index in [0.29, 0.717) is 18.9 Å². The van der Waals surface area contributed by atoms with Gasteiger partial charge in [0.05, 0.1) is 6.10 Å². The Hall–Kier alpha value is -2.89. The first-order chi connectivity index (χ1) is 13.6. The lowest BCUT2D eigenvalue weighted by molar-refractivity contribution is 0.207. The van der Waals surface area contributed by atoms with Gasteiger partial charge >= 0.3 is 6.03 Å². The number of aromatic nitrogens is 2. The van der Waals surface area contributed by atoms with Crippen LogP contribution in [0.5, 0.6) is 5.75 Å². The summed E-state index contributed by atoms with van der Waals surface area (Å²) in [6.45, 7) is 5.67. The molecule has 0 spiro atoms. The van der Waals surface area contributed by atoms with E-state index in [0.717, 1.165) is 37.0 Å². The van der Waals surface area contributed by atoms with Crippen LogP contribution in [0.2, 0.25) is 0 Å². The number of likely N-dealkylation sites (tertiary alicyclic amines) is 1.